The number of pyridine rings is 1. The minimum Gasteiger partial charge on any atom is -0.388 e. The van der Waals surface area contributed by atoms with Gasteiger partial charge in [-0.25, -0.2) is 4.79 Å². The quantitative estimate of drug-likeness (QED) is 0.712. The van der Waals surface area contributed by atoms with Gasteiger partial charge in [0.25, 0.3) is 0 Å². The molecule has 1 aliphatic rings. The van der Waals surface area contributed by atoms with Crippen molar-refractivity contribution in [3.05, 3.63) is 30.1 Å². The van der Waals surface area contributed by atoms with Crippen LogP contribution in [0.15, 0.2) is 24.4 Å². The topological polar surface area (TPSA) is 77.5 Å². The number of urea groups is 1. The van der Waals surface area contributed by atoms with Crippen molar-refractivity contribution in [2.45, 2.75) is 57.7 Å². The Hall–Kier alpha value is -1.66. The van der Waals surface area contributed by atoms with Crippen LogP contribution in [0.3, 0.4) is 0 Å². The molecule has 1 fully saturated rings. The summed E-state index contributed by atoms with van der Waals surface area (Å²) in [6.07, 6.45) is 4.96. The van der Waals surface area contributed by atoms with Gasteiger partial charge in [-0.1, -0.05) is 19.9 Å². The number of nitrogens with zero attached hydrogens (tertiary/aromatic N) is 2. The number of carbonyl (C=O) groups excluding carboxylic acids is 1. The van der Waals surface area contributed by atoms with Crippen LogP contribution in [0, 0.1) is 0 Å². The van der Waals surface area contributed by atoms with Crippen molar-refractivity contribution in [1.29, 1.82) is 0 Å². The molecule has 1 saturated heterocycles. The largest absolute Gasteiger partial charge is 0.388 e. The second-order valence-electron chi connectivity index (χ2n) is 6.63. The van der Waals surface area contributed by atoms with Gasteiger partial charge in [-0.2, -0.15) is 0 Å². The van der Waals surface area contributed by atoms with Crippen LogP contribution >= 0.6 is 0 Å². The fourth-order valence-corrected chi connectivity index (χ4v) is 2.94. The molecule has 6 heteroatoms. The third-order valence-electron chi connectivity index (χ3n) is 4.93. The van der Waals surface area contributed by atoms with E-state index in [9.17, 15) is 9.90 Å². The van der Waals surface area contributed by atoms with Gasteiger partial charge in [-0.05, 0) is 37.8 Å². The summed E-state index contributed by atoms with van der Waals surface area (Å²) in [4.78, 5) is 18.7. The molecule has 0 spiro atoms. The molecular formula is C18H30N4O2. The zero-order valence-corrected chi connectivity index (χ0v) is 14.8. The average molecular weight is 334 g/mol. The summed E-state index contributed by atoms with van der Waals surface area (Å²) in [5.41, 5.74) is 0.281. The van der Waals surface area contributed by atoms with Gasteiger partial charge in [0.15, 0.2) is 0 Å². The van der Waals surface area contributed by atoms with Crippen LogP contribution in [0.2, 0.25) is 0 Å². The summed E-state index contributed by atoms with van der Waals surface area (Å²) in [6.45, 7) is 6.93. The highest BCUT2D eigenvalue weighted by atomic mass is 16.3. The van der Waals surface area contributed by atoms with E-state index in [0.29, 0.717) is 19.4 Å². The van der Waals surface area contributed by atoms with Crippen LogP contribution in [-0.2, 0) is 6.54 Å². The van der Waals surface area contributed by atoms with Gasteiger partial charge >= 0.3 is 6.03 Å². The zero-order valence-electron chi connectivity index (χ0n) is 14.8. The molecular weight excluding hydrogens is 304 g/mol. The maximum atomic E-state index is 12.0. The highest BCUT2D eigenvalue weighted by Crippen LogP contribution is 2.14. The van der Waals surface area contributed by atoms with Gasteiger partial charge < -0.3 is 15.7 Å². The number of piperidine rings is 1. The van der Waals surface area contributed by atoms with Crippen molar-refractivity contribution in [1.82, 2.24) is 20.5 Å². The standard InChI is InChI=1S/C18H30N4O2/c1-3-18(24,4-2)14-20-17(23)21-15-8-11-22(12-9-15)13-16-7-5-6-10-19-16/h5-7,10,15,24H,3-4,8-9,11-14H2,1-2H3,(H2,20,21,23). The number of hydrogen-bond acceptors (Lipinski definition) is 4. The number of carbonyl (C=O) groups is 1. The van der Waals surface area contributed by atoms with E-state index in [4.69, 9.17) is 0 Å². The first-order chi connectivity index (χ1) is 11.5. The molecule has 0 saturated carbocycles. The van der Waals surface area contributed by atoms with Gasteiger partial charge in [0.05, 0.1) is 11.3 Å². The summed E-state index contributed by atoms with van der Waals surface area (Å²) in [5.74, 6) is 0. The van der Waals surface area contributed by atoms with Crippen molar-refractivity contribution in [3.8, 4) is 0 Å². The van der Waals surface area contributed by atoms with E-state index in [0.717, 1.165) is 38.2 Å². The number of rotatable bonds is 7. The molecule has 0 bridgehead atoms. The van der Waals surface area contributed by atoms with Crippen molar-refractivity contribution in [2.75, 3.05) is 19.6 Å². The molecule has 1 aromatic heterocycles. The number of aliphatic hydroxyl groups is 1. The van der Waals surface area contributed by atoms with Crippen LogP contribution in [-0.4, -0.2) is 52.3 Å². The van der Waals surface area contributed by atoms with Crippen molar-refractivity contribution >= 4 is 6.03 Å². The van der Waals surface area contributed by atoms with Gasteiger partial charge in [0, 0.05) is 38.4 Å². The fourth-order valence-electron chi connectivity index (χ4n) is 2.94. The smallest absolute Gasteiger partial charge is 0.315 e. The Kier molecular flexibility index (Phi) is 6.99. The normalized spacial score (nSPS) is 16.8. The second kappa shape index (κ2) is 8.99. The lowest BCUT2D eigenvalue weighted by Crippen LogP contribution is -2.51. The Bertz CT molecular complexity index is 497. The highest BCUT2D eigenvalue weighted by Gasteiger charge is 2.24. The first-order valence-corrected chi connectivity index (χ1v) is 8.93. The van der Waals surface area contributed by atoms with E-state index in [1.807, 2.05) is 38.2 Å². The van der Waals surface area contributed by atoms with Crippen LogP contribution in [0.4, 0.5) is 4.79 Å². The Morgan fingerprint density at radius 1 is 1.33 bits per heavy atom. The molecule has 2 amide bonds. The summed E-state index contributed by atoms with van der Waals surface area (Å²) in [6, 6.07) is 5.99. The third-order valence-corrected chi connectivity index (χ3v) is 4.93. The van der Waals surface area contributed by atoms with Crippen LogP contribution < -0.4 is 10.6 Å². The van der Waals surface area contributed by atoms with Crippen molar-refractivity contribution in [2.24, 2.45) is 0 Å². The lowest BCUT2D eigenvalue weighted by atomic mass is 9.98. The first kappa shape index (κ1) is 18.7. The van der Waals surface area contributed by atoms with Crippen LogP contribution in [0.5, 0.6) is 0 Å². The van der Waals surface area contributed by atoms with E-state index in [1.54, 1.807) is 0 Å². The number of amides is 2. The number of nitrogens with one attached hydrogen (secondary N) is 2. The van der Waals surface area contributed by atoms with E-state index in [1.165, 1.54) is 0 Å². The first-order valence-electron chi connectivity index (χ1n) is 8.93. The number of likely N-dealkylation sites (tertiary alicyclic amines) is 1. The van der Waals surface area contributed by atoms with E-state index >= 15 is 0 Å². The molecule has 0 aliphatic carbocycles. The Morgan fingerprint density at radius 3 is 2.62 bits per heavy atom. The molecule has 2 heterocycles. The maximum absolute atomic E-state index is 12.0. The van der Waals surface area contributed by atoms with E-state index in [-0.39, 0.29) is 12.1 Å². The van der Waals surface area contributed by atoms with Gasteiger partial charge in [-0.15, -0.1) is 0 Å². The maximum Gasteiger partial charge on any atom is 0.315 e. The monoisotopic (exact) mass is 334 g/mol. The fraction of sp³-hybridized carbons (Fsp3) is 0.667. The molecule has 0 radical (unpaired) electrons. The molecule has 0 atom stereocenters. The van der Waals surface area contributed by atoms with E-state index in [2.05, 4.69) is 20.5 Å². The summed E-state index contributed by atoms with van der Waals surface area (Å²) < 4.78 is 0. The summed E-state index contributed by atoms with van der Waals surface area (Å²) in [7, 11) is 0. The van der Waals surface area contributed by atoms with Gasteiger partial charge in [0.2, 0.25) is 0 Å². The predicted molar refractivity (Wildman–Crippen MR) is 94.6 cm³/mol. The Morgan fingerprint density at radius 2 is 2.04 bits per heavy atom. The lowest BCUT2D eigenvalue weighted by Gasteiger charge is -2.32. The Balaban J connectivity index is 1.68. The Labute approximate surface area is 144 Å². The minimum atomic E-state index is -0.802. The molecule has 6 nitrogen and oxygen atoms in total. The van der Waals surface area contributed by atoms with Gasteiger partial charge in [0.1, 0.15) is 0 Å². The van der Waals surface area contributed by atoms with Gasteiger partial charge in [-0.3, -0.25) is 9.88 Å². The minimum absolute atomic E-state index is 0.182. The SMILES string of the molecule is CCC(O)(CC)CNC(=O)NC1CCN(Cc2ccccn2)CC1. The summed E-state index contributed by atoms with van der Waals surface area (Å²) in [5, 5.41) is 16.0. The van der Waals surface area contributed by atoms with Crippen molar-refractivity contribution in [3.63, 3.8) is 0 Å². The zero-order chi connectivity index (χ0) is 17.4. The van der Waals surface area contributed by atoms with E-state index < -0.39 is 5.60 Å². The summed E-state index contributed by atoms with van der Waals surface area (Å²) >= 11 is 0. The average Bonchev–Trinajstić information content (AvgIpc) is 2.62. The number of aromatic nitrogens is 1. The molecule has 1 aliphatic heterocycles. The second-order valence-corrected chi connectivity index (χ2v) is 6.63. The number of hydrogen-bond donors (Lipinski definition) is 3. The lowest BCUT2D eigenvalue weighted by molar-refractivity contribution is 0.0347. The highest BCUT2D eigenvalue weighted by molar-refractivity contribution is 5.74. The molecule has 1 aromatic rings. The van der Waals surface area contributed by atoms with Crippen molar-refractivity contribution < 1.29 is 9.90 Å². The molecule has 2 rings (SSSR count). The third kappa shape index (κ3) is 5.76. The molecule has 3 N–H and O–H groups in total. The molecule has 0 unspecified atom stereocenters. The molecule has 0 aromatic carbocycles. The van der Waals surface area contributed by atoms with Crippen LogP contribution in [0.25, 0.3) is 0 Å². The molecule has 134 valence electrons. The molecule has 24 heavy (non-hydrogen) atoms. The predicted octanol–water partition coefficient (Wildman–Crippen LogP) is 1.90. The van der Waals surface area contributed by atoms with Crippen LogP contribution in [0.1, 0.15) is 45.2 Å².